The molecule has 1 heterocycles. The van der Waals surface area contributed by atoms with Crippen LogP contribution in [0.25, 0.3) is 0 Å². The number of ether oxygens (including phenoxy) is 1. The van der Waals surface area contributed by atoms with E-state index in [-0.39, 0.29) is 11.9 Å². The molecule has 0 saturated heterocycles. The van der Waals surface area contributed by atoms with Crippen molar-refractivity contribution in [3.8, 4) is 5.75 Å². The summed E-state index contributed by atoms with van der Waals surface area (Å²) >= 11 is 0. The van der Waals surface area contributed by atoms with E-state index in [1.165, 1.54) is 16.7 Å². The number of hydrazone groups is 1. The van der Waals surface area contributed by atoms with Gasteiger partial charge in [0.15, 0.2) is 0 Å². The van der Waals surface area contributed by atoms with Crippen LogP contribution in [-0.4, -0.2) is 41.7 Å². The molecule has 0 fully saturated rings. The van der Waals surface area contributed by atoms with Gasteiger partial charge in [-0.25, -0.2) is 5.01 Å². The molecule has 5 heteroatoms. The van der Waals surface area contributed by atoms with Crippen molar-refractivity contribution in [2.24, 2.45) is 5.10 Å². The Kier molecular flexibility index (Phi) is 7.43. The maximum Gasteiger partial charge on any atom is 0.257 e. The third-order valence-corrected chi connectivity index (χ3v) is 6.14. The highest BCUT2D eigenvalue weighted by atomic mass is 16.5. The lowest BCUT2D eigenvalue weighted by Crippen LogP contribution is -2.36. The van der Waals surface area contributed by atoms with Crippen LogP contribution in [0.5, 0.6) is 5.75 Å². The van der Waals surface area contributed by atoms with E-state index < -0.39 is 0 Å². The summed E-state index contributed by atoms with van der Waals surface area (Å²) in [7, 11) is 1.97. The van der Waals surface area contributed by atoms with E-state index in [4.69, 9.17) is 9.84 Å². The molecule has 34 heavy (non-hydrogen) atoms. The number of carbonyl (C=O) groups is 1. The van der Waals surface area contributed by atoms with Gasteiger partial charge in [0.2, 0.25) is 0 Å². The standard InChI is InChI=1S/C29H33N3O2/c1-5-34-25-14-12-24(13-15-25)28-18-27(26-16-11-21(2)17-22(26)3)30-32(28)29(33)20-31(4)19-23-9-7-6-8-10-23/h6-17,28H,5,18-20H2,1-4H3. The highest BCUT2D eigenvalue weighted by Gasteiger charge is 2.33. The largest absolute Gasteiger partial charge is 0.494 e. The lowest BCUT2D eigenvalue weighted by Gasteiger charge is -2.25. The van der Waals surface area contributed by atoms with Gasteiger partial charge in [0.05, 0.1) is 24.9 Å². The SMILES string of the molecule is CCOc1ccc(C2CC(c3ccc(C)cc3C)=NN2C(=O)CN(C)Cc2ccccc2)cc1. The van der Waals surface area contributed by atoms with Gasteiger partial charge in [-0.15, -0.1) is 0 Å². The first-order chi connectivity index (χ1) is 16.4. The lowest BCUT2D eigenvalue weighted by molar-refractivity contribution is -0.134. The highest BCUT2D eigenvalue weighted by molar-refractivity contribution is 6.04. The van der Waals surface area contributed by atoms with Gasteiger partial charge in [-0.1, -0.05) is 66.2 Å². The summed E-state index contributed by atoms with van der Waals surface area (Å²) in [6.07, 6.45) is 0.687. The molecule has 0 aromatic heterocycles. The minimum atomic E-state index is -0.135. The van der Waals surface area contributed by atoms with Crippen LogP contribution in [0, 0.1) is 13.8 Å². The number of nitrogens with zero attached hydrogens (tertiary/aromatic N) is 3. The summed E-state index contributed by atoms with van der Waals surface area (Å²) in [6.45, 7) is 7.81. The van der Waals surface area contributed by atoms with Crippen molar-refractivity contribution in [1.29, 1.82) is 0 Å². The van der Waals surface area contributed by atoms with Gasteiger partial charge < -0.3 is 4.74 Å². The molecule has 176 valence electrons. The second kappa shape index (κ2) is 10.7. The zero-order valence-corrected chi connectivity index (χ0v) is 20.5. The Hall–Kier alpha value is -3.44. The molecule has 3 aromatic rings. The van der Waals surface area contributed by atoms with Crippen LogP contribution in [0.4, 0.5) is 0 Å². The van der Waals surface area contributed by atoms with Crippen molar-refractivity contribution in [2.45, 2.75) is 39.8 Å². The molecule has 0 radical (unpaired) electrons. The number of amides is 1. The maximum atomic E-state index is 13.5. The normalized spacial score (nSPS) is 15.5. The van der Waals surface area contributed by atoms with E-state index in [2.05, 4.69) is 44.2 Å². The smallest absolute Gasteiger partial charge is 0.257 e. The fourth-order valence-electron chi connectivity index (χ4n) is 4.51. The summed E-state index contributed by atoms with van der Waals surface area (Å²) < 4.78 is 5.61. The minimum Gasteiger partial charge on any atom is -0.494 e. The molecular weight excluding hydrogens is 422 g/mol. The molecule has 3 aromatic carbocycles. The predicted octanol–water partition coefficient (Wildman–Crippen LogP) is 5.51. The lowest BCUT2D eigenvalue weighted by atomic mass is 9.95. The van der Waals surface area contributed by atoms with Crippen LogP contribution in [0.1, 0.15) is 47.2 Å². The van der Waals surface area contributed by atoms with Crippen LogP contribution in [0.15, 0.2) is 77.9 Å². The Morgan fingerprint density at radius 2 is 1.79 bits per heavy atom. The van der Waals surface area contributed by atoms with E-state index in [1.54, 1.807) is 5.01 Å². The Morgan fingerprint density at radius 1 is 1.06 bits per heavy atom. The van der Waals surface area contributed by atoms with Crippen molar-refractivity contribution in [2.75, 3.05) is 20.2 Å². The van der Waals surface area contributed by atoms with Gasteiger partial charge in [-0.2, -0.15) is 5.10 Å². The molecule has 0 N–H and O–H groups in total. The summed E-state index contributed by atoms with van der Waals surface area (Å²) in [5.74, 6) is 0.831. The van der Waals surface area contributed by atoms with Gasteiger partial charge in [-0.3, -0.25) is 9.69 Å². The van der Waals surface area contributed by atoms with Gasteiger partial charge in [0.1, 0.15) is 5.75 Å². The molecule has 1 aliphatic rings. The number of aryl methyl sites for hydroxylation is 2. The number of likely N-dealkylation sites (N-methyl/N-ethyl adjacent to an activating group) is 1. The predicted molar refractivity (Wildman–Crippen MR) is 137 cm³/mol. The highest BCUT2D eigenvalue weighted by Crippen LogP contribution is 2.34. The first kappa shape index (κ1) is 23.7. The summed E-state index contributed by atoms with van der Waals surface area (Å²) in [6, 6.07) is 24.5. The Balaban J connectivity index is 1.58. The molecular formula is C29H33N3O2. The Bertz CT molecular complexity index is 1160. The van der Waals surface area contributed by atoms with Gasteiger partial charge in [-0.05, 0) is 56.6 Å². The molecule has 1 aliphatic heterocycles. The number of benzene rings is 3. The second-order valence-electron chi connectivity index (χ2n) is 8.98. The number of hydrogen-bond donors (Lipinski definition) is 0. The summed E-state index contributed by atoms with van der Waals surface area (Å²) in [5.41, 5.74) is 6.70. The van der Waals surface area contributed by atoms with Crippen LogP contribution < -0.4 is 4.74 Å². The molecule has 4 rings (SSSR count). The Labute approximate surface area is 202 Å². The van der Waals surface area contributed by atoms with E-state index in [9.17, 15) is 4.79 Å². The third-order valence-electron chi connectivity index (χ3n) is 6.14. The van der Waals surface area contributed by atoms with Crippen LogP contribution in [0.2, 0.25) is 0 Å². The Morgan fingerprint density at radius 3 is 2.47 bits per heavy atom. The summed E-state index contributed by atoms with van der Waals surface area (Å²) in [5, 5.41) is 6.55. The minimum absolute atomic E-state index is 0.00270. The average molecular weight is 456 g/mol. The van der Waals surface area contributed by atoms with Crippen molar-refractivity contribution >= 4 is 11.6 Å². The maximum absolute atomic E-state index is 13.5. The van der Waals surface area contributed by atoms with Crippen LogP contribution in [-0.2, 0) is 11.3 Å². The van der Waals surface area contributed by atoms with Crippen molar-refractivity contribution in [1.82, 2.24) is 9.91 Å². The van der Waals surface area contributed by atoms with Gasteiger partial charge in [0, 0.05) is 18.5 Å². The molecule has 0 spiro atoms. The number of carbonyl (C=O) groups excluding carboxylic acids is 1. The molecule has 0 aliphatic carbocycles. The van der Waals surface area contributed by atoms with E-state index in [1.807, 2.05) is 61.3 Å². The van der Waals surface area contributed by atoms with Crippen molar-refractivity contribution < 1.29 is 9.53 Å². The second-order valence-corrected chi connectivity index (χ2v) is 8.98. The average Bonchev–Trinajstić information content (AvgIpc) is 3.26. The molecule has 0 bridgehead atoms. The van der Waals surface area contributed by atoms with Crippen molar-refractivity contribution in [3.05, 3.63) is 101 Å². The fraction of sp³-hybridized carbons (Fsp3) is 0.310. The first-order valence-electron chi connectivity index (χ1n) is 11.9. The van der Waals surface area contributed by atoms with Gasteiger partial charge in [0.25, 0.3) is 5.91 Å². The molecule has 1 unspecified atom stereocenters. The third kappa shape index (κ3) is 5.54. The topological polar surface area (TPSA) is 45.1 Å². The van der Waals surface area contributed by atoms with E-state index in [0.717, 1.165) is 22.6 Å². The fourth-order valence-corrected chi connectivity index (χ4v) is 4.51. The van der Waals surface area contributed by atoms with E-state index in [0.29, 0.717) is 26.1 Å². The molecule has 1 atom stereocenters. The molecule has 0 saturated carbocycles. The van der Waals surface area contributed by atoms with Crippen molar-refractivity contribution in [3.63, 3.8) is 0 Å². The number of rotatable bonds is 8. The monoisotopic (exact) mass is 455 g/mol. The molecule has 5 nitrogen and oxygen atoms in total. The zero-order chi connectivity index (χ0) is 24.1. The van der Waals surface area contributed by atoms with E-state index >= 15 is 0 Å². The quantitative estimate of drug-likeness (QED) is 0.450. The number of hydrogen-bond acceptors (Lipinski definition) is 4. The zero-order valence-electron chi connectivity index (χ0n) is 20.5. The van der Waals surface area contributed by atoms with Crippen LogP contribution >= 0.6 is 0 Å². The van der Waals surface area contributed by atoms with Crippen LogP contribution in [0.3, 0.4) is 0 Å². The first-order valence-corrected chi connectivity index (χ1v) is 11.9. The molecule has 1 amide bonds. The summed E-state index contributed by atoms with van der Waals surface area (Å²) in [4.78, 5) is 15.5. The van der Waals surface area contributed by atoms with Gasteiger partial charge >= 0.3 is 0 Å².